The Hall–Kier alpha value is -2.20. The molecule has 0 aliphatic heterocycles. The molecule has 2 aromatic rings. The number of benzene rings is 2. The van der Waals surface area contributed by atoms with Crippen LogP contribution in [0.2, 0.25) is 0 Å². The first-order valence-electron chi connectivity index (χ1n) is 6.37. The Bertz CT molecular complexity index is 586. The van der Waals surface area contributed by atoms with Gasteiger partial charge in [0.2, 0.25) is 5.91 Å². The Morgan fingerprint density at radius 1 is 1.15 bits per heavy atom. The summed E-state index contributed by atoms with van der Waals surface area (Å²) in [4.78, 5) is 13.4. The summed E-state index contributed by atoms with van der Waals surface area (Å²) in [7, 11) is 1.76. The molecule has 0 bridgehead atoms. The molecule has 0 aliphatic rings. The maximum atomic E-state index is 13.7. The first-order chi connectivity index (χ1) is 9.59. The number of nitrogens with two attached hydrogens (primary N) is 1. The van der Waals surface area contributed by atoms with E-state index in [-0.39, 0.29) is 5.82 Å². The highest BCUT2D eigenvalue weighted by atomic mass is 19.1. The topological polar surface area (TPSA) is 46.3 Å². The summed E-state index contributed by atoms with van der Waals surface area (Å²) < 4.78 is 13.7. The lowest BCUT2D eigenvalue weighted by Crippen LogP contribution is -2.35. The van der Waals surface area contributed by atoms with Crippen molar-refractivity contribution in [3.05, 3.63) is 71.5 Å². The van der Waals surface area contributed by atoms with Crippen LogP contribution in [0.1, 0.15) is 17.2 Å². The molecular formula is C16H17FN2O. The third-order valence-electron chi connectivity index (χ3n) is 3.20. The third kappa shape index (κ3) is 3.22. The van der Waals surface area contributed by atoms with Gasteiger partial charge in [0.1, 0.15) is 11.9 Å². The quantitative estimate of drug-likeness (QED) is 0.909. The van der Waals surface area contributed by atoms with Crippen LogP contribution in [0, 0.1) is 5.82 Å². The highest BCUT2D eigenvalue weighted by Crippen LogP contribution is 2.21. The number of carbonyl (C=O) groups is 1. The van der Waals surface area contributed by atoms with Gasteiger partial charge < -0.3 is 5.73 Å². The fourth-order valence-corrected chi connectivity index (χ4v) is 2.26. The number of carbonyl (C=O) groups excluding carboxylic acids is 1. The zero-order chi connectivity index (χ0) is 14.5. The Morgan fingerprint density at radius 3 is 2.35 bits per heavy atom. The van der Waals surface area contributed by atoms with E-state index in [1.807, 2.05) is 30.3 Å². The minimum absolute atomic E-state index is 0.282. The van der Waals surface area contributed by atoms with Crippen molar-refractivity contribution in [1.82, 2.24) is 4.90 Å². The fraction of sp³-hybridized carbons (Fsp3) is 0.188. The number of likely N-dealkylation sites (N-methyl/N-ethyl adjacent to an activating group) is 1. The van der Waals surface area contributed by atoms with Crippen molar-refractivity contribution in [1.29, 1.82) is 0 Å². The van der Waals surface area contributed by atoms with Crippen molar-refractivity contribution >= 4 is 5.91 Å². The minimum Gasteiger partial charge on any atom is -0.368 e. The molecule has 0 unspecified atom stereocenters. The van der Waals surface area contributed by atoms with E-state index in [9.17, 15) is 9.18 Å². The van der Waals surface area contributed by atoms with E-state index in [1.165, 1.54) is 6.07 Å². The fourth-order valence-electron chi connectivity index (χ4n) is 2.26. The monoisotopic (exact) mass is 272 g/mol. The van der Waals surface area contributed by atoms with Gasteiger partial charge in [0, 0.05) is 12.1 Å². The molecule has 0 radical (unpaired) electrons. The second-order valence-corrected chi connectivity index (χ2v) is 4.72. The average molecular weight is 272 g/mol. The van der Waals surface area contributed by atoms with Gasteiger partial charge in [-0.15, -0.1) is 0 Å². The van der Waals surface area contributed by atoms with Crippen LogP contribution in [-0.2, 0) is 11.3 Å². The Morgan fingerprint density at radius 2 is 1.75 bits per heavy atom. The summed E-state index contributed by atoms with van der Waals surface area (Å²) in [5.41, 5.74) is 6.83. The predicted molar refractivity (Wildman–Crippen MR) is 76.2 cm³/mol. The molecule has 0 aliphatic carbocycles. The van der Waals surface area contributed by atoms with Crippen molar-refractivity contribution in [2.45, 2.75) is 12.6 Å². The lowest BCUT2D eigenvalue weighted by atomic mass is 10.0. The number of amides is 1. The van der Waals surface area contributed by atoms with Gasteiger partial charge >= 0.3 is 0 Å². The van der Waals surface area contributed by atoms with Crippen molar-refractivity contribution < 1.29 is 9.18 Å². The van der Waals surface area contributed by atoms with E-state index in [1.54, 1.807) is 30.1 Å². The first-order valence-corrected chi connectivity index (χ1v) is 6.37. The first kappa shape index (κ1) is 14.2. The van der Waals surface area contributed by atoms with Crippen LogP contribution in [0.25, 0.3) is 0 Å². The molecule has 20 heavy (non-hydrogen) atoms. The summed E-state index contributed by atoms with van der Waals surface area (Å²) in [6.45, 7) is 0.315. The second-order valence-electron chi connectivity index (χ2n) is 4.72. The Labute approximate surface area is 117 Å². The maximum Gasteiger partial charge on any atom is 0.239 e. The summed E-state index contributed by atoms with van der Waals surface area (Å²) >= 11 is 0. The van der Waals surface area contributed by atoms with Gasteiger partial charge in [-0.25, -0.2) is 4.39 Å². The number of primary amides is 1. The summed E-state index contributed by atoms with van der Waals surface area (Å²) in [5, 5.41) is 0. The number of halogens is 1. The molecule has 0 aromatic heterocycles. The zero-order valence-electron chi connectivity index (χ0n) is 11.3. The largest absolute Gasteiger partial charge is 0.368 e. The van der Waals surface area contributed by atoms with E-state index in [4.69, 9.17) is 5.73 Å². The van der Waals surface area contributed by atoms with Crippen LogP contribution in [0.5, 0.6) is 0 Å². The molecule has 1 atom stereocenters. The molecule has 4 heteroatoms. The van der Waals surface area contributed by atoms with Crippen LogP contribution in [0.15, 0.2) is 54.6 Å². The van der Waals surface area contributed by atoms with Crippen molar-refractivity contribution in [3.63, 3.8) is 0 Å². The van der Waals surface area contributed by atoms with Crippen molar-refractivity contribution in [2.24, 2.45) is 5.73 Å². The van der Waals surface area contributed by atoms with Crippen LogP contribution in [0.3, 0.4) is 0 Å². The van der Waals surface area contributed by atoms with E-state index in [0.29, 0.717) is 12.1 Å². The van der Waals surface area contributed by atoms with Gasteiger partial charge in [0.25, 0.3) is 0 Å². The molecule has 2 rings (SSSR count). The smallest absolute Gasteiger partial charge is 0.239 e. The molecule has 3 nitrogen and oxygen atoms in total. The Kier molecular flexibility index (Phi) is 4.48. The summed E-state index contributed by atoms with van der Waals surface area (Å²) in [6, 6.07) is 15.2. The maximum absolute atomic E-state index is 13.7. The summed E-state index contributed by atoms with van der Waals surface area (Å²) in [6.07, 6.45) is 0. The predicted octanol–water partition coefficient (Wildman–Crippen LogP) is 2.48. The van der Waals surface area contributed by atoms with Crippen LogP contribution < -0.4 is 5.73 Å². The molecule has 0 spiro atoms. The van der Waals surface area contributed by atoms with Gasteiger partial charge in [-0.2, -0.15) is 0 Å². The molecule has 0 fully saturated rings. The second kappa shape index (κ2) is 6.30. The van der Waals surface area contributed by atoms with Gasteiger partial charge in [-0.05, 0) is 18.7 Å². The molecule has 104 valence electrons. The standard InChI is InChI=1S/C16H17FN2O/c1-19(11-13-9-5-6-10-14(13)17)15(16(18)20)12-7-3-2-4-8-12/h2-10,15H,11H2,1H3,(H2,18,20)/t15-/m1/s1. The van der Waals surface area contributed by atoms with Crippen molar-refractivity contribution in [2.75, 3.05) is 7.05 Å². The molecule has 1 amide bonds. The lowest BCUT2D eigenvalue weighted by molar-refractivity contribution is -0.123. The molecule has 2 aromatic carbocycles. The third-order valence-corrected chi connectivity index (χ3v) is 3.20. The minimum atomic E-state index is -0.573. The van der Waals surface area contributed by atoms with Crippen LogP contribution >= 0.6 is 0 Å². The lowest BCUT2D eigenvalue weighted by Gasteiger charge is -2.26. The highest BCUT2D eigenvalue weighted by molar-refractivity contribution is 5.81. The molecule has 0 heterocycles. The van der Waals surface area contributed by atoms with Crippen molar-refractivity contribution in [3.8, 4) is 0 Å². The molecule has 0 saturated heterocycles. The Balaban J connectivity index is 2.23. The highest BCUT2D eigenvalue weighted by Gasteiger charge is 2.23. The van der Waals surface area contributed by atoms with E-state index >= 15 is 0 Å². The number of rotatable bonds is 5. The molecule has 0 saturated carbocycles. The number of hydrogen-bond donors (Lipinski definition) is 1. The van der Waals surface area contributed by atoms with E-state index in [0.717, 1.165) is 5.56 Å². The van der Waals surface area contributed by atoms with Gasteiger partial charge in [0.05, 0.1) is 0 Å². The van der Waals surface area contributed by atoms with Gasteiger partial charge in [-0.1, -0.05) is 48.5 Å². The zero-order valence-corrected chi connectivity index (χ0v) is 11.3. The SMILES string of the molecule is CN(Cc1ccccc1F)[C@@H](C(N)=O)c1ccccc1. The molecular weight excluding hydrogens is 255 g/mol. The summed E-state index contributed by atoms with van der Waals surface area (Å²) in [5.74, 6) is -0.731. The van der Waals surface area contributed by atoms with Crippen LogP contribution in [-0.4, -0.2) is 17.9 Å². The molecule has 2 N–H and O–H groups in total. The normalized spacial score (nSPS) is 12.3. The average Bonchev–Trinajstić information content (AvgIpc) is 2.42. The van der Waals surface area contributed by atoms with E-state index in [2.05, 4.69) is 0 Å². The number of hydrogen-bond acceptors (Lipinski definition) is 2. The van der Waals surface area contributed by atoms with Crippen LogP contribution in [0.4, 0.5) is 4.39 Å². The van der Waals surface area contributed by atoms with Gasteiger partial charge in [-0.3, -0.25) is 9.69 Å². The number of nitrogens with zero attached hydrogens (tertiary/aromatic N) is 1. The van der Waals surface area contributed by atoms with Gasteiger partial charge in [0.15, 0.2) is 0 Å². The van der Waals surface area contributed by atoms with E-state index < -0.39 is 11.9 Å².